The number of carbonyl (C=O) groups is 3. The molecule has 1 fully saturated rings. The second-order valence-electron chi connectivity index (χ2n) is 8.44. The molecule has 1 saturated heterocycles. The Bertz CT molecular complexity index is 1050. The van der Waals surface area contributed by atoms with Crippen LogP contribution < -0.4 is 10.2 Å². The Morgan fingerprint density at radius 3 is 2.19 bits per heavy atom. The Morgan fingerprint density at radius 2 is 1.62 bits per heavy atom. The van der Waals surface area contributed by atoms with E-state index in [4.69, 9.17) is 0 Å². The van der Waals surface area contributed by atoms with Gasteiger partial charge in [0.25, 0.3) is 0 Å². The van der Waals surface area contributed by atoms with Gasteiger partial charge in [0, 0.05) is 5.69 Å². The van der Waals surface area contributed by atoms with E-state index in [2.05, 4.69) is 5.32 Å². The number of nitrogens with zero attached hydrogens (tertiary/aromatic N) is 3. The highest BCUT2D eigenvalue weighted by Gasteiger charge is 2.58. The fraction of sp³-hybridized carbons (Fsp3) is 0.348. The van der Waals surface area contributed by atoms with Crippen LogP contribution in [0.4, 0.5) is 21.0 Å². The van der Waals surface area contributed by atoms with Crippen LogP contribution in [0.25, 0.3) is 0 Å². The second-order valence-corrected chi connectivity index (χ2v) is 8.44. The number of carboxylic acid groups (broad SMARTS) is 1. The van der Waals surface area contributed by atoms with E-state index in [1.165, 1.54) is 16.7 Å². The third-order valence-electron chi connectivity index (χ3n) is 5.86. The van der Waals surface area contributed by atoms with Crippen molar-refractivity contribution in [3.8, 4) is 0 Å². The van der Waals surface area contributed by atoms with Crippen molar-refractivity contribution >= 4 is 29.4 Å². The van der Waals surface area contributed by atoms with Crippen molar-refractivity contribution in [2.24, 2.45) is 0 Å². The molecule has 4 amide bonds. The molecule has 0 radical (unpaired) electrons. The molecular weight excluding hydrogens is 412 g/mol. The van der Waals surface area contributed by atoms with Gasteiger partial charge in [0.2, 0.25) is 0 Å². The lowest BCUT2D eigenvalue weighted by molar-refractivity contribution is -0.145. The molecule has 1 aliphatic heterocycles. The number of aryl methyl sites for hydroxylation is 2. The molecule has 2 atom stereocenters. The molecule has 0 aliphatic carbocycles. The van der Waals surface area contributed by atoms with Gasteiger partial charge in [0.05, 0.1) is 11.2 Å². The molecule has 0 bridgehead atoms. The molecule has 0 aromatic heterocycles. The number of aliphatic carboxylic acids is 1. The Hall–Kier alpha value is -3.59. The summed E-state index contributed by atoms with van der Waals surface area (Å²) < 4.78 is 0. The van der Waals surface area contributed by atoms with Crippen LogP contribution in [0.3, 0.4) is 0 Å². The average molecular weight is 441 g/mol. The van der Waals surface area contributed by atoms with Crippen molar-refractivity contribution in [3.05, 3.63) is 59.7 Å². The molecule has 2 aromatic carbocycles. The summed E-state index contributed by atoms with van der Waals surface area (Å²) >= 11 is 0. The van der Waals surface area contributed by atoms with Crippen molar-refractivity contribution in [1.29, 1.82) is 0 Å². The molecule has 3 rings (SSSR count). The zero-order valence-electron chi connectivity index (χ0n) is 18.7. The Kier molecular flexibility index (Phi) is 6.13. The van der Waals surface area contributed by atoms with E-state index in [1.54, 1.807) is 57.2 Å². The summed E-state index contributed by atoms with van der Waals surface area (Å²) in [6.07, 6.45) is -1.19. The largest absolute Gasteiger partial charge is 0.480 e. The maximum Gasteiger partial charge on any atom is 0.347 e. The van der Waals surface area contributed by atoms with E-state index >= 15 is 0 Å². The zero-order valence-corrected chi connectivity index (χ0v) is 18.7. The first-order chi connectivity index (χ1) is 15.0. The number of anilines is 2. The normalized spacial score (nSPS) is 18.4. The number of hydrogen-bond acceptors (Lipinski definition) is 4. The van der Waals surface area contributed by atoms with Crippen LogP contribution in [0, 0.1) is 13.8 Å². The van der Waals surface area contributed by atoms with Crippen molar-refractivity contribution in [3.63, 3.8) is 0 Å². The molecule has 1 aliphatic rings. The molecule has 9 nitrogen and oxygen atoms in total. The molecule has 3 N–H and O–H groups in total. The van der Waals surface area contributed by atoms with Gasteiger partial charge in [-0.2, -0.15) is 5.06 Å². The van der Waals surface area contributed by atoms with Crippen LogP contribution in [0.15, 0.2) is 48.5 Å². The molecular formula is C23H28N4O5. The van der Waals surface area contributed by atoms with Crippen LogP contribution in [-0.2, 0) is 4.79 Å². The number of rotatable bonds is 5. The summed E-state index contributed by atoms with van der Waals surface area (Å²) in [5, 5.41) is 23.8. The predicted molar refractivity (Wildman–Crippen MR) is 120 cm³/mol. The smallest absolute Gasteiger partial charge is 0.347 e. The first kappa shape index (κ1) is 23.1. The summed E-state index contributed by atoms with van der Waals surface area (Å²) in [5.74, 6) is -1.19. The topological polar surface area (TPSA) is 113 Å². The van der Waals surface area contributed by atoms with Gasteiger partial charge in [0.1, 0.15) is 6.04 Å². The Labute approximate surface area is 186 Å². The van der Waals surface area contributed by atoms with Gasteiger partial charge in [-0.1, -0.05) is 36.4 Å². The summed E-state index contributed by atoms with van der Waals surface area (Å²) in [7, 11) is 0. The zero-order chi connectivity index (χ0) is 23.8. The van der Waals surface area contributed by atoms with Crippen molar-refractivity contribution in [2.75, 3.05) is 10.2 Å². The fourth-order valence-electron chi connectivity index (χ4n) is 4.16. The summed E-state index contributed by atoms with van der Waals surface area (Å²) in [6, 6.07) is 11.5. The highest BCUT2D eigenvalue weighted by Crippen LogP contribution is 2.40. The maximum atomic E-state index is 13.5. The molecule has 32 heavy (non-hydrogen) atoms. The van der Waals surface area contributed by atoms with Gasteiger partial charge in [0.15, 0.2) is 6.17 Å². The monoisotopic (exact) mass is 440 g/mol. The van der Waals surface area contributed by atoms with E-state index in [1.807, 2.05) is 19.1 Å². The predicted octanol–water partition coefficient (Wildman–Crippen LogP) is 4.05. The molecule has 0 spiro atoms. The number of para-hydroxylation sites is 2. The molecule has 2 unspecified atom stereocenters. The average Bonchev–Trinajstić information content (AvgIpc) is 2.93. The highest BCUT2D eigenvalue weighted by molar-refractivity contribution is 6.00. The van der Waals surface area contributed by atoms with Crippen LogP contribution in [0.1, 0.15) is 31.9 Å². The van der Waals surface area contributed by atoms with Gasteiger partial charge in [-0.05, 0) is 57.9 Å². The summed E-state index contributed by atoms with van der Waals surface area (Å²) in [5.41, 5.74) is 1.28. The quantitative estimate of drug-likeness (QED) is 0.480. The number of carbonyl (C=O) groups excluding carboxylic acids is 2. The number of urea groups is 2. The van der Waals surface area contributed by atoms with Crippen LogP contribution in [-0.4, -0.2) is 56.1 Å². The van der Waals surface area contributed by atoms with E-state index in [-0.39, 0.29) is 0 Å². The minimum atomic E-state index is -1.24. The highest BCUT2D eigenvalue weighted by atomic mass is 16.5. The maximum absolute atomic E-state index is 13.5. The lowest BCUT2D eigenvalue weighted by Gasteiger charge is -2.39. The lowest BCUT2D eigenvalue weighted by Crippen LogP contribution is -2.59. The first-order valence-corrected chi connectivity index (χ1v) is 10.2. The number of amides is 4. The van der Waals surface area contributed by atoms with Crippen molar-refractivity contribution in [2.45, 2.75) is 52.4 Å². The van der Waals surface area contributed by atoms with E-state index in [0.717, 1.165) is 11.1 Å². The molecule has 2 aromatic rings. The van der Waals surface area contributed by atoms with Crippen LogP contribution in [0.5, 0.6) is 0 Å². The first-order valence-electron chi connectivity index (χ1n) is 10.2. The third kappa shape index (κ3) is 3.87. The molecule has 170 valence electrons. The van der Waals surface area contributed by atoms with Crippen LogP contribution >= 0.6 is 0 Å². The minimum absolute atomic E-state index is 0.464. The molecule has 0 saturated carbocycles. The van der Waals surface area contributed by atoms with Gasteiger partial charge < -0.3 is 15.3 Å². The van der Waals surface area contributed by atoms with Crippen molar-refractivity contribution in [1.82, 2.24) is 9.96 Å². The number of benzene rings is 2. The number of nitrogens with one attached hydrogen (secondary N) is 1. The third-order valence-corrected chi connectivity index (χ3v) is 5.86. The number of hydroxylamine groups is 2. The number of hydrogen-bond donors (Lipinski definition) is 3. The van der Waals surface area contributed by atoms with Gasteiger partial charge >= 0.3 is 18.0 Å². The van der Waals surface area contributed by atoms with Crippen molar-refractivity contribution < 1.29 is 24.7 Å². The van der Waals surface area contributed by atoms with E-state index < -0.39 is 35.8 Å². The van der Waals surface area contributed by atoms with E-state index in [0.29, 0.717) is 16.4 Å². The summed E-state index contributed by atoms with van der Waals surface area (Å²) in [4.78, 5) is 40.7. The molecule has 1 heterocycles. The Morgan fingerprint density at radius 1 is 1.06 bits per heavy atom. The van der Waals surface area contributed by atoms with Gasteiger partial charge in [-0.15, -0.1) is 0 Å². The van der Waals surface area contributed by atoms with Crippen LogP contribution in [0.2, 0.25) is 0 Å². The summed E-state index contributed by atoms with van der Waals surface area (Å²) in [6.45, 7) is 8.26. The minimum Gasteiger partial charge on any atom is -0.480 e. The number of carboxylic acids is 1. The van der Waals surface area contributed by atoms with Gasteiger partial charge in [-0.3, -0.25) is 10.1 Å². The van der Waals surface area contributed by atoms with Gasteiger partial charge in [-0.25, -0.2) is 14.4 Å². The lowest BCUT2D eigenvalue weighted by atomic mass is 9.98. The SMILES string of the molecule is Cc1ccccc1NC(=O)N(O)C1N(c2ccccc2C)C(=O)N(C(C)C(=O)O)C1(C)C. The standard InChI is InChI=1S/C23H28N4O5/c1-14-10-6-8-12-17(14)24-21(30)27(32)20-23(4,5)26(16(3)19(28)29)22(31)25(20)18-13-9-7-11-15(18)2/h6-13,16,20,32H,1-5H3,(H,24,30)(H,28,29). The Balaban J connectivity index is 2.07. The molecule has 9 heteroatoms. The fourth-order valence-corrected chi connectivity index (χ4v) is 4.16. The second kappa shape index (κ2) is 8.51. The van der Waals surface area contributed by atoms with E-state index in [9.17, 15) is 24.7 Å².